The van der Waals surface area contributed by atoms with Gasteiger partial charge in [-0.25, -0.2) is 0 Å². The van der Waals surface area contributed by atoms with Crippen LogP contribution in [0.15, 0.2) is 48.1 Å². The number of unbranched alkanes of at least 4 members (excludes halogenated alkanes) is 1. The second-order valence-electron chi connectivity index (χ2n) is 6.90. The first-order valence-corrected chi connectivity index (χ1v) is 9.19. The summed E-state index contributed by atoms with van der Waals surface area (Å²) in [6.07, 6.45) is 7.53. The Hall–Kier alpha value is -0.890. The van der Waals surface area contributed by atoms with E-state index in [0.717, 1.165) is 29.3 Å². The zero-order chi connectivity index (χ0) is 17.2. The predicted molar refractivity (Wildman–Crippen MR) is 105 cm³/mol. The second-order valence-corrected chi connectivity index (χ2v) is 8.12. The minimum atomic E-state index is 0.212. The van der Waals surface area contributed by atoms with E-state index in [4.69, 9.17) is 0 Å². The number of rotatable bonds is 12. The highest BCUT2D eigenvalue weighted by Gasteiger charge is 2.26. The third-order valence-corrected chi connectivity index (χ3v) is 5.01. The molecule has 0 aliphatic heterocycles. The monoisotopic (exact) mass is 321 g/mol. The fourth-order valence-electron chi connectivity index (χ4n) is 2.22. The molecular formula is C20H35NS. The van der Waals surface area contributed by atoms with E-state index in [1.54, 1.807) is 0 Å². The molecule has 1 atom stereocenters. The fraction of sp³-hybridized carbons (Fsp3) is 0.600. The molecule has 0 radical (unpaired) electrons. The van der Waals surface area contributed by atoms with Crippen molar-refractivity contribution in [3.05, 3.63) is 48.1 Å². The van der Waals surface area contributed by atoms with Gasteiger partial charge in [-0.2, -0.15) is 0 Å². The summed E-state index contributed by atoms with van der Waals surface area (Å²) in [4.78, 5) is 1.16. The summed E-state index contributed by atoms with van der Waals surface area (Å²) in [7, 11) is 0. The first-order valence-electron chi connectivity index (χ1n) is 8.21. The molecule has 0 saturated heterocycles. The van der Waals surface area contributed by atoms with Crippen molar-refractivity contribution in [2.24, 2.45) is 11.3 Å². The van der Waals surface area contributed by atoms with Crippen LogP contribution in [0.3, 0.4) is 0 Å². The highest BCUT2D eigenvalue weighted by Crippen LogP contribution is 2.34. The molecule has 0 rings (SSSR count). The Kier molecular flexibility index (Phi) is 10.3. The molecule has 0 fully saturated rings. The van der Waals surface area contributed by atoms with Crippen LogP contribution in [0.4, 0.5) is 0 Å². The van der Waals surface area contributed by atoms with Gasteiger partial charge in [0.05, 0.1) is 0 Å². The highest BCUT2D eigenvalue weighted by atomic mass is 32.2. The molecule has 22 heavy (non-hydrogen) atoms. The van der Waals surface area contributed by atoms with Crippen molar-refractivity contribution in [3.63, 3.8) is 0 Å². The summed E-state index contributed by atoms with van der Waals surface area (Å²) in [6, 6.07) is 0. The van der Waals surface area contributed by atoms with Crippen molar-refractivity contribution < 1.29 is 0 Å². The molecule has 1 unspecified atom stereocenters. The van der Waals surface area contributed by atoms with E-state index in [-0.39, 0.29) is 5.41 Å². The van der Waals surface area contributed by atoms with E-state index in [0.29, 0.717) is 5.92 Å². The zero-order valence-corrected chi connectivity index (χ0v) is 16.1. The van der Waals surface area contributed by atoms with E-state index < -0.39 is 0 Å². The molecule has 0 amide bonds. The van der Waals surface area contributed by atoms with Crippen LogP contribution in [0.2, 0.25) is 0 Å². The average Bonchev–Trinajstić information content (AvgIpc) is 2.40. The molecule has 126 valence electrons. The largest absolute Gasteiger partial charge is 0.389 e. The molecule has 0 heterocycles. The molecule has 0 aromatic carbocycles. The summed E-state index contributed by atoms with van der Waals surface area (Å²) < 4.78 is 0. The third kappa shape index (κ3) is 9.19. The van der Waals surface area contributed by atoms with Gasteiger partial charge in [-0.3, -0.25) is 0 Å². The molecule has 0 aromatic heterocycles. The lowest BCUT2D eigenvalue weighted by Gasteiger charge is -2.32. The maximum atomic E-state index is 4.21. The summed E-state index contributed by atoms with van der Waals surface area (Å²) in [6.45, 7) is 24.1. The van der Waals surface area contributed by atoms with Crippen molar-refractivity contribution in [1.82, 2.24) is 5.32 Å². The quantitative estimate of drug-likeness (QED) is 0.256. The van der Waals surface area contributed by atoms with E-state index in [1.807, 2.05) is 17.8 Å². The first kappa shape index (κ1) is 21.1. The molecule has 0 aliphatic carbocycles. The Balaban J connectivity index is 3.88. The lowest BCUT2D eigenvalue weighted by atomic mass is 9.76. The Morgan fingerprint density at radius 1 is 1.23 bits per heavy atom. The van der Waals surface area contributed by atoms with Crippen LogP contribution in [0.25, 0.3) is 0 Å². The average molecular weight is 322 g/mol. The van der Waals surface area contributed by atoms with Crippen molar-refractivity contribution in [1.29, 1.82) is 0 Å². The van der Waals surface area contributed by atoms with Crippen LogP contribution < -0.4 is 5.32 Å². The molecule has 0 aliphatic rings. The van der Waals surface area contributed by atoms with Gasteiger partial charge < -0.3 is 5.32 Å². The minimum absolute atomic E-state index is 0.212. The van der Waals surface area contributed by atoms with Crippen LogP contribution in [0, 0.1) is 11.3 Å². The lowest BCUT2D eigenvalue weighted by Crippen LogP contribution is -2.29. The number of thioether (sulfide) groups is 1. The summed E-state index contributed by atoms with van der Waals surface area (Å²) in [5.74, 6) is 1.58. The Bertz CT molecular complexity index is 400. The Labute approximate surface area is 143 Å². The molecular weight excluding hydrogens is 286 g/mol. The zero-order valence-electron chi connectivity index (χ0n) is 15.3. The van der Waals surface area contributed by atoms with Crippen LogP contribution >= 0.6 is 11.8 Å². The fourth-order valence-corrected chi connectivity index (χ4v) is 3.15. The van der Waals surface area contributed by atoms with Crippen molar-refractivity contribution in [2.45, 2.75) is 53.9 Å². The topological polar surface area (TPSA) is 12.0 Å². The number of allylic oxidation sites excluding steroid dienone is 4. The van der Waals surface area contributed by atoms with Crippen LogP contribution in [-0.2, 0) is 0 Å². The second kappa shape index (κ2) is 10.8. The van der Waals surface area contributed by atoms with E-state index in [2.05, 4.69) is 65.7 Å². The van der Waals surface area contributed by atoms with Gasteiger partial charge >= 0.3 is 0 Å². The number of hydrogen-bond acceptors (Lipinski definition) is 2. The van der Waals surface area contributed by atoms with E-state index in [9.17, 15) is 0 Å². The molecule has 0 bridgehead atoms. The third-order valence-electron chi connectivity index (χ3n) is 4.03. The van der Waals surface area contributed by atoms with Gasteiger partial charge in [0, 0.05) is 18.2 Å². The summed E-state index contributed by atoms with van der Waals surface area (Å²) in [5, 5.41) is 3.49. The van der Waals surface area contributed by atoms with Gasteiger partial charge in [0.1, 0.15) is 0 Å². The Morgan fingerprint density at radius 3 is 2.41 bits per heavy atom. The minimum Gasteiger partial charge on any atom is -0.389 e. The maximum absolute atomic E-state index is 4.21. The number of hydrogen-bond donors (Lipinski definition) is 1. The molecule has 0 aromatic rings. The lowest BCUT2D eigenvalue weighted by molar-refractivity contribution is 0.260. The van der Waals surface area contributed by atoms with Crippen molar-refractivity contribution >= 4 is 11.8 Å². The SMILES string of the molecule is C=CCC(C)(C)C(C)C(=C)NCCCCSC(=C)C=C(C)C. The first-order chi connectivity index (χ1) is 10.2. The van der Waals surface area contributed by atoms with Gasteiger partial charge in [0.25, 0.3) is 0 Å². The predicted octanol–water partition coefficient (Wildman–Crippen LogP) is 6.32. The van der Waals surface area contributed by atoms with Gasteiger partial charge in [-0.05, 0) is 49.2 Å². The van der Waals surface area contributed by atoms with E-state index >= 15 is 0 Å². The molecule has 0 saturated carbocycles. The van der Waals surface area contributed by atoms with Gasteiger partial charge in [0.15, 0.2) is 0 Å². The normalized spacial score (nSPS) is 12.4. The van der Waals surface area contributed by atoms with Crippen LogP contribution in [-0.4, -0.2) is 12.3 Å². The Morgan fingerprint density at radius 2 is 1.86 bits per heavy atom. The van der Waals surface area contributed by atoms with Gasteiger partial charge in [-0.15, -0.1) is 18.3 Å². The molecule has 2 heteroatoms. The smallest absolute Gasteiger partial charge is 0.0144 e. The standard InChI is InChI=1S/C20H35NS/c1-9-12-20(7,8)18(5)19(6)21-13-10-11-14-22-17(4)15-16(2)3/h9,15,18,21H,1,4,6,10-14H2,2-3,5,7-8H3. The maximum Gasteiger partial charge on any atom is 0.0144 e. The van der Waals surface area contributed by atoms with Gasteiger partial charge in [0.2, 0.25) is 0 Å². The highest BCUT2D eigenvalue weighted by molar-refractivity contribution is 8.03. The summed E-state index contributed by atoms with van der Waals surface area (Å²) in [5.41, 5.74) is 2.67. The van der Waals surface area contributed by atoms with Crippen LogP contribution in [0.5, 0.6) is 0 Å². The molecule has 1 N–H and O–H groups in total. The van der Waals surface area contributed by atoms with E-state index in [1.165, 1.54) is 18.4 Å². The van der Waals surface area contributed by atoms with Crippen molar-refractivity contribution in [2.75, 3.05) is 12.3 Å². The number of nitrogens with one attached hydrogen (secondary N) is 1. The molecule has 0 spiro atoms. The molecule has 1 nitrogen and oxygen atoms in total. The van der Waals surface area contributed by atoms with Crippen LogP contribution in [0.1, 0.15) is 53.9 Å². The summed E-state index contributed by atoms with van der Waals surface area (Å²) >= 11 is 1.85. The van der Waals surface area contributed by atoms with Gasteiger partial charge in [-0.1, -0.05) is 51.7 Å². The van der Waals surface area contributed by atoms with Crippen molar-refractivity contribution in [3.8, 4) is 0 Å².